The van der Waals surface area contributed by atoms with Gasteiger partial charge in [-0.05, 0) is 56.6 Å². The number of fused-ring (bicyclic) bond motifs is 1. The van der Waals surface area contributed by atoms with Crippen LogP contribution < -0.4 is 0 Å². The highest BCUT2D eigenvalue weighted by molar-refractivity contribution is 9.10. The van der Waals surface area contributed by atoms with Gasteiger partial charge in [-0.3, -0.25) is 0 Å². The molecule has 2 aromatic rings. The quantitative estimate of drug-likeness (QED) is 0.776. The predicted molar refractivity (Wildman–Crippen MR) is 72.3 cm³/mol. The Labute approximate surface area is 108 Å². The molecular formula is C12H13BrN2S. The number of aromatic amines is 1. The number of hydrogen-bond acceptors (Lipinski definition) is 1. The first-order valence-corrected chi connectivity index (χ1v) is 6.71. The number of hydrogen-bond donors (Lipinski definition) is 1. The van der Waals surface area contributed by atoms with E-state index in [9.17, 15) is 0 Å². The molecule has 0 spiro atoms. The van der Waals surface area contributed by atoms with E-state index < -0.39 is 0 Å². The van der Waals surface area contributed by atoms with E-state index in [1.807, 2.05) is 6.07 Å². The molecule has 1 N–H and O–H groups in total. The largest absolute Gasteiger partial charge is 0.331 e. The Kier molecular flexibility index (Phi) is 2.27. The van der Waals surface area contributed by atoms with Crippen LogP contribution in [0, 0.1) is 4.77 Å². The van der Waals surface area contributed by atoms with Gasteiger partial charge in [0.25, 0.3) is 0 Å². The highest BCUT2D eigenvalue weighted by Gasteiger charge is 2.35. The molecule has 1 fully saturated rings. The van der Waals surface area contributed by atoms with Crippen molar-refractivity contribution in [3.63, 3.8) is 0 Å². The Bertz CT molecular complexity index is 607. The highest BCUT2D eigenvalue weighted by atomic mass is 79.9. The predicted octanol–water partition coefficient (Wildman–Crippen LogP) is 4.36. The van der Waals surface area contributed by atoms with Gasteiger partial charge >= 0.3 is 0 Å². The van der Waals surface area contributed by atoms with Crippen LogP contribution in [0.15, 0.2) is 22.7 Å². The Morgan fingerprint density at radius 3 is 2.81 bits per heavy atom. The minimum Gasteiger partial charge on any atom is -0.331 e. The summed E-state index contributed by atoms with van der Waals surface area (Å²) in [4.78, 5) is 3.29. The van der Waals surface area contributed by atoms with Crippen LogP contribution >= 0.6 is 28.1 Å². The van der Waals surface area contributed by atoms with Crippen LogP contribution in [-0.4, -0.2) is 9.55 Å². The maximum atomic E-state index is 5.44. The monoisotopic (exact) mass is 296 g/mol. The highest BCUT2D eigenvalue weighted by Crippen LogP contribution is 2.41. The molecule has 0 amide bonds. The normalized spacial score (nSPS) is 18.6. The van der Waals surface area contributed by atoms with E-state index in [0.29, 0.717) is 0 Å². The number of halogens is 1. The van der Waals surface area contributed by atoms with E-state index in [2.05, 4.69) is 44.5 Å². The fourth-order valence-corrected chi connectivity index (χ4v) is 3.30. The summed E-state index contributed by atoms with van der Waals surface area (Å²) in [7, 11) is 0. The third-order valence-corrected chi connectivity index (χ3v) is 4.39. The zero-order valence-electron chi connectivity index (χ0n) is 9.09. The van der Waals surface area contributed by atoms with Gasteiger partial charge in [0.1, 0.15) is 0 Å². The number of imidazole rings is 1. The van der Waals surface area contributed by atoms with Crippen molar-refractivity contribution in [2.24, 2.45) is 0 Å². The van der Waals surface area contributed by atoms with Gasteiger partial charge in [0.15, 0.2) is 4.77 Å². The van der Waals surface area contributed by atoms with Crippen LogP contribution in [0.25, 0.3) is 11.0 Å². The standard InChI is InChI=1S/C12H13BrN2S/c1-12(5-2-6-12)15-10-7-8(13)3-4-9(10)14-11(15)16/h3-4,7H,2,5-6H2,1H3,(H,14,16). The van der Waals surface area contributed by atoms with Crippen molar-refractivity contribution in [1.29, 1.82) is 0 Å². The summed E-state index contributed by atoms with van der Waals surface area (Å²) >= 11 is 8.96. The summed E-state index contributed by atoms with van der Waals surface area (Å²) in [6.07, 6.45) is 3.75. The molecule has 16 heavy (non-hydrogen) atoms. The molecule has 1 saturated carbocycles. The lowest BCUT2D eigenvalue weighted by molar-refractivity contribution is 0.172. The van der Waals surface area contributed by atoms with Crippen LogP contribution in [-0.2, 0) is 5.54 Å². The number of benzene rings is 1. The van der Waals surface area contributed by atoms with Crippen LogP contribution in [0.1, 0.15) is 26.2 Å². The molecule has 3 rings (SSSR count). The average molecular weight is 297 g/mol. The Morgan fingerprint density at radius 1 is 1.44 bits per heavy atom. The first-order valence-electron chi connectivity index (χ1n) is 5.51. The van der Waals surface area contributed by atoms with Crippen molar-refractivity contribution >= 4 is 39.2 Å². The second-order valence-electron chi connectivity index (χ2n) is 4.78. The van der Waals surface area contributed by atoms with E-state index in [1.54, 1.807) is 0 Å². The molecular weight excluding hydrogens is 284 g/mol. The Morgan fingerprint density at radius 2 is 2.19 bits per heavy atom. The fourth-order valence-electron chi connectivity index (χ4n) is 2.52. The molecule has 1 aliphatic rings. The summed E-state index contributed by atoms with van der Waals surface area (Å²) in [6.45, 7) is 2.29. The zero-order chi connectivity index (χ0) is 11.3. The van der Waals surface area contributed by atoms with E-state index in [0.717, 1.165) is 14.8 Å². The summed E-state index contributed by atoms with van der Waals surface area (Å²) < 4.78 is 4.23. The molecule has 0 aliphatic heterocycles. The summed E-state index contributed by atoms with van der Waals surface area (Å²) in [5, 5.41) is 0. The van der Waals surface area contributed by atoms with E-state index >= 15 is 0 Å². The molecule has 1 aliphatic carbocycles. The lowest BCUT2D eigenvalue weighted by atomic mass is 9.78. The molecule has 0 unspecified atom stereocenters. The van der Waals surface area contributed by atoms with Crippen molar-refractivity contribution in [3.8, 4) is 0 Å². The maximum absolute atomic E-state index is 5.44. The van der Waals surface area contributed by atoms with E-state index in [-0.39, 0.29) is 5.54 Å². The molecule has 1 heterocycles. The lowest BCUT2D eigenvalue weighted by Crippen LogP contribution is -2.37. The zero-order valence-corrected chi connectivity index (χ0v) is 11.5. The SMILES string of the molecule is CC1(n2c(=S)[nH]c3ccc(Br)cc32)CCC1. The van der Waals surface area contributed by atoms with Crippen molar-refractivity contribution in [3.05, 3.63) is 27.4 Å². The first kappa shape index (κ1) is 10.5. The second kappa shape index (κ2) is 3.44. The molecule has 1 aromatic heterocycles. The molecule has 2 nitrogen and oxygen atoms in total. The number of rotatable bonds is 1. The van der Waals surface area contributed by atoms with Gasteiger partial charge in [0, 0.05) is 10.0 Å². The minimum atomic E-state index is 0.218. The molecule has 0 saturated heterocycles. The molecule has 4 heteroatoms. The van der Waals surface area contributed by atoms with Crippen molar-refractivity contribution in [2.45, 2.75) is 31.7 Å². The molecule has 1 aromatic carbocycles. The number of aromatic nitrogens is 2. The van der Waals surface area contributed by atoms with Gasteiger partial charge < -0.3 is 9.55 Å². The molecule has 0 atom stereocenters. The van der Waals surface area contributed by atoms with Crippen LogP contribution in [0.4, 0.5) is 0 Å². The van der Waals surface area contributed by atoms with Crippen molar-refractivity contribution in [1.82, 2.24) is 9.55 Å². The van der Waals surface area contributed by atoms with Crippen LogP contribution in [0.5, 0.6) is 0 Å². The summed E-state index contributed by atoms with van der Waals surface area (Å²) in [5.41, 5.74) is 2.55. The number of H-pyrrole nitrogens is 1. The smallest absolute Gasteiger partial charge is 0.178 e. The second-order valence-corrected chi connectivity index (χ2v) is 6.08. The Hall–Kier alpha value is -0.610. The van der Waals surface area contributed by atoms with E-state index in [4.69, 9.17) is 12.2 Å². The van der Waals surface area contributed by atoms with Gasteiger partial charge in [0.05, 0.1) is 11.0 Å². The topological polar surface area (TPSA) is 20.7 Å². The average Bonchev–Trinajstić information content (AvgIpc) is 2.50. The number of nitrogens with one attached hydrogen (secondary N) is 1. The van der Waals surface area contributed by atoms with Crippen LogP contribution in [0.2, 0.25) is 0 Å². The van der Waals surface area contributed by atoms with Crippen molar-refractivity contribution in [2.75, 3.05) is 0 Å². The van der Waals surface area contributed by atoms with E-state index in [1.165, 1.54) is 24.8 Å². The molecule has 0 radical (unpaired) electrons. The number of nitrogens with zero attached hydrogens (tertiary/aromatic N) is 1. The third kappa shape index (κ3) is 1.39. The van der Waals surface area contributed by atoms with Gasteiger partial charge in [0.2, 0.25) is 0 Å². The Balaban J connectivity index is 2.34. The van der Waals surface area contributed by atoms with Gasteiger partial charge in [-0.25, -0.2) is 0 Å². The van der Waals surface area contributed by atoms with Crippen LogP contribution in [0.3, 0.4) is 0 Å². The molecule has 0 bridgehead atoms. The maximum Gasteiger partial charge on any atom is 0.178 e. The molecule has 84 valence electrons. The lowest BCUT2D eigenvalue weighted by Gasteiger charge is -2.40. The fraction of sp³-hybridized carbons (Fsp3) is 0.417. The summed E-state index contributed by atoms with van der Waals surface area (Å²) in [6, 6.07) is 6.26. The minimum absolute atomic E-state index is 0.218. The van der Waals surface area contributed by atoms with Gasteiger partial charge in [-0.2, -0.15) is 0 Å². The first-order chi connectivity index (χ1) is 7.60. The van der Waals surface area contributed by atoms with Gasteiger partial charge in [-0.1, -0.05) is 15.9 Å². The van der Waals surface area contributed by atoms with Crippen molar-refractivity contribution < 1.29 is 0 Å². The summed E-state index contributed by atoms with van der Waals surface area (Å²) in [5.74, 6) is 0. The third-order valence-electron chi connectivity index (χ3n) is 3.62. The van der Waals surface area contributed by atoms with Gasteiger partial charge in [-0.15, -0.1) is 0 Å².